The van der Waals surface area contributed by atoms with Crippen molar-refractivity contribution >= 4 is 40.4 Å². The molecule has 33 heavy (non-hydrogen) atoms. The molecule has 0 atom stereocenters. The van der Waals surface area contributed by atoms with Gasteiger partial charge in [0.2, 0.25) is 0 Å². The molecule has 0 spiro atoms. The van der Waals surface area contributed by atoms with Gasteiger partial charge < -0.3 is 10.1 Å². The van der Waals surface area contributed by atoms with Crippen molar-refractivity contribution in [2.75, 3.05) is 16.8 Å². The number of imide groups is 1. The quantitative estimate of drug-likeness (QED) is 0.454. The fourth-order valence-electron chi connectivity index (χ4n) is 3.98. The summed E-state index contributed by atoms with van der Waals surface area (Å²) in [5.41, 5.74) is 5.18. The van der Waals surface area contributed by atoms with E-state index in [2.05, 4.69) is 5.32 Å². The summed E-state index contributed by atoms with van der Waals surface area (Å²) in [6, 6.07) is 18.2. The summed E-state index contributed by atoms with van der Waals surface area (Å²) in [5.74, 6) is -0.221. The second-order valence-corrected chi connectivity index (χ2v) is 8.39. The first-order valence-corrected chi connectivity index (χ1v) is 11.1. The summed E-state index contributed by atoms with van der Waals surface area (Å²) < 4.78 is 5.58. The number of carbonyl (C=O) groups excluding carboxylic acids is 2. The number of ether oxygens (including phenoxy) is 1. The number of carbonyl (C=O) groups is 2. The Kier molecular flexibility index (Phi) is 6.25. The van der Waals surface area contributed by atoms with Crippen LogP contribution in [0.1, 0.15) is 29.2 Å². The van der Waals surface area contributed by atoms with Crippen molar-refractivity contribution < 1.29 is 14.3 Å². The lowest BCUT2D eigenvalue weighted by Gasteiger charge is -2.17. The predicted molar refractivity (Wildman–Crippen MR) is 133 cm³/mol. The summed E-state index contributed by atoms with van der Waals surface area (Å²) in [6.07, 6.45) is 0. The van der Waals surface area contributed by atoms with Crippen LogP contribution in [0.5, 0.6) is 5.75 Å². The van der Waals surface area contributed by atoms with Crippen LogP contribution >= 0.6 is 11.6 Å². The van der Waals surface area contributed by atoms with Crippen LogP contribution in [-0.2, 0) is 9.59 Å². The summed E-state index contributed by atoms with van der Waals surface area (Å²) in [4.78, 5) is 28.6. The normalized spacial score (nSPS) is 13.7. The third-order valence-corrected chi connectivity index (χ3v) is 6.06. The van der Waals surface area contributed by atoms with Gasteiger partial charge in [0.05, 0.1) is 17.9 Å². The smallest absolute Gasteiger partial charge is 0.282 e. The van der Waals surface area contributed by atoms with Crippen molar-refractivity contribution in [3.05, 3.63) is 93.6 Å². The molecule has 0 saturated carbocycles. The van der Waals surface area contributed by atoms with E-state index in [9.17, 15) is 9.59 Å². The molecule has 1 aliphatic heterocycles. The lowest BCUT2D eigenvalue weighted by atomic mass is 9.97. The van der Waals surface area contributed by atoms with Gasteiger partial charge in [0.15, 0.2) is 0 Å². The maximum atomic E-state index is 13.7. The van der Waals surface area contributed by atoms with Gasteiger partial charge in [0.25, 0.3) is 11.8 Å². The number of benzene rings is 3. The Morgan fingerprint density at radius 2 is 1.70 bits per heavy atom. The third kappa shape index (κ3) is 4.24. The number of amides is 2. The van der Waals surface area contributed by atoms with Gasteiger partial charge in [-0.25, -0.2) is 4.90 Å². The zero-order valence-electron chi connectivity index (χ0n) is 19.0. The Labute approximate surface area is 198 Å². The molecule has 0 fully saturated rings. The average Bonchev–Trinajstić information content (AvgIpc) is 3.01. The molecule has 1 aliphatic rings. The van der Waals surface area contributed by atoms with E-state index in [1.807, 2.05) is 52.0 Å². The molecule has 6 heteroatoms. The molecule has 1 N–H and O–H groups in total. The summed E-state index contributed by atoms with van der Waals surface area (Å²) >= 11 is 6.30. The van der Waals surface area contributed by atoms with E-state index < -0.39 is 5.91 Å². The number of anilines is 2. The number of hydrogen-bond donors (Lipinski definition) is 1. The first-order valence-electron chi connectivity index (χ1n) is 10.8. The van der Waals surface area contributed by atoms with Crippen LogP contribution in [0, 0.1) is 20.8 Å². The highest BCUT2D eigenvalue weighted by Crippen LogP contribution is 2.37. The Hall–Kier alpha value is -3.57. The van der Waals surface area contributed by atoms with Crippen LogP contribution in [-0.4, -0.2) is 18.4 Å². The van der Waals surface area contributed by atoms with Gasteiger partial charge in [-0.05, 0) is 68.7 Å². The van der Waals surface area contributed by atoms with Crippen LogP contribution < -0.4 is 15.0 Å². The number of rotatable bonds is 6. The summed E-state index contributed by atoms with van der Waals surface area (Å²) in [5, 5.41) is 3.79. The van der Waals surface area contributed by atoms with Crippen molar-refractivity contribution in [2.45, 2.75) is 27.7 Å². The van der Waals surface area contributed by atoms with Gasteiger partial charge in [0, 0.05) is 16.8 Å². The Bertz CT molecular complexity index is 1300. The second-order valence-electron chi connectivity index (χ2n) is 7.98. The van der Waals surface area contributed by atoms with E-state index >= 15 is 0 Å². The molecule has 0 unspecified atom stereocenters. The minimum absolute atomic E-state index is 0.221. The maximum Gasteiger partial charge on any atom is 0.282 e. The highest BCUT2D eigenvalue weighted by Gasteiger charge is 2.41. The fourth-order valence-corrected chi connectivity index (χ4v) is 4.16. The van der Waals surface area contributed by atoms with Gasteiger partial charge in [-0.1, -0.05) is 47.5 Å². The number of aryl methyl sites for hydroxylation is 2. The molecule has 3 aromatic carbocycles. The zero-order valence-corrected chi connectivity index (χ0v) is 19.8. The average molecular weight is 461 g/mol. The van der Waals surface area contributed by atoms with E-state index in [0.29, 0.717) is 39.9 Å². The molecular formula is C27H25ClN2O3. The van der Waals surface area contributed by atoms with Crippen molar-refractivity contribution in [2.24, 2.45) is 0 Å². The highest BCUT2D eigenvalue weighted by atomic mass is 35.5. The minimum Gasteiger partial charge on any atom is -0.494 e. The molecule has 0 aliphatic carbocycles. The molecule has 0 radical (unpaired) electrons. The van der Waals surface area contributed by atoms with Crippen LogP contribution in [0.15, 0.2) is 66.4 Å². The van der Waals surface area contributed by atoms with E-state index in [4.69, 9.17) is 16.3 Å². The Morgan fingerprint density at radius 1 is 0.939 bits per heavy atom. The van der Waals surface area contributed by atoms with Gasteiger partial charge in [-0.3, -0.25) is 9.59 Å². The number of hydrogen-bond acceptors (Lipinski definition) is 4. The van der Waals surface area contributed by atoms with Crippen molar-refractivity contribution in [1.82, 2.24) is 0 Å². The first-order chi connectivity index (χ1) is 15.8. The third-order valence-electron chi connectivity index (χ3n) is 5.65. The summed E-state index contributed by atoms with van der Waals surface area (Å²) in [7, 11) is 0. The van der Waals surface area contributed by atoms with Crippen molar-refractivity contribution in [3.63, 3.8) is 0 Å². The molecule has 1 heterocycles. The van der Waals surface area contributed by atoms with E-state index in [1.54, 1.807) is 36.4 Å². The van der Waals surface area contributed by atoms with Crippen LogP contribution in [0.2, 0.25) is 5.02 Å². The first kappa shape index (κ1) is 22.6. The van der Waals surface area contributed by atoms with Gasteiger partial charge in [-0.15, -0.1) is 0 Å². The molecular weight excluding hydrogens is 436 g/mol. The number of nitrogens with zero attached hydrogens (tertiary/aromatic N) is 1. The molecule has 0 aromatic heterocycles. The van der Waals surface area contributed by atoms with Gasteiger partial charge >= 0.3 is 0 Å². The molecule has 168 valence electrons. The molecule has 3 aromatic rings. The second kappa shape index (κ2) is 9.12. The standard InChI is InChI=1S/C27H25ClN2O3/c1-5-33-20-9-6-8-19(15-20)30-26(31)24(21-13-12-16(2)14-17(21)3)25(27(30)32)29-23-11-7-10-22(28)18(23)4/h6-15,29H,5H2,1-4H3. The van der Waals surface area contributed by atoms with E-state index in [-0.39, 0.29) is 11.6 Å². The lowest BCUT2D eigenvalue weighted by Crippen LogP contribution is -2.32. The molecule has 0 saturated heterocycles. The van der Waals surface area contributed by atoms with Gasteiger partial charge in [0.1, 0.15) is 11.4 Å². The van der Waals surface area contributed by atoms with Crippen molar-refractivity contribution in [1.29, 1.82) is 0 Å². The Morgan fingerprint density at radius 3 is 2.42 bits per heavy atom. The predicted octanol–water partition coefficient (Wildman–Crippen LogP) is 6.06. The van der Waals surface area contributed by atoms with E-state index in [0.717, 1.165) is 16.7 Å². The maximum absolute atomic E-state index is 13.7. The molecule has 5 nitrogen and oxygen atoms in total. The number of nitrogens with one attached hydrogen (secondary N) is 1. The monoisotopic (exact) mass is 460 g/mol. The van der Waals surface area contributed by atoms with Crippen molar-refractivity contribution in [3.8, 4) is 5.75 Å². The highest BCUT2D eigenvalue weighted by molar-refractivity contribution is 6.46. The van der Waals surface area contributed by atoms with Gasteiger partial charge in [-0.2, -0.15) is 0 Å². The minimum atomic E-state index is -0.428. The Balaban J connectivity index is 1.86. The molecule has 4 rings (SSSR count). The number of halogens is 1. The topological polar surface area (TPSA) is 58.6 Å². The van der Waals surface area contributed by atoms with Crippen LogP contribution in [0.25, 0.3) is 5.57 Å². The molecule has 2 amide bonds. The van der Waals surface area contributed by atoms with Crippen LogP contribution in [0.3, 0.4) is 0 Å². The fraction of sp³-hybridized carbons (Fsp3) is 0.185. The molecule has 0 bridgehead atoms. The zero-order chi connectivity index (χ0) is 23.7. The lowest BCUT2D eigenvalue weighted by molar-refractivity contribution is -0.120. The summed E-state index contributed by atoms with van der Waals surface area (Å²) in [6.45, 7) is 8.17. The SMILES string of the molecule is CCOc1cccc(N2C(=O)C(Nc3cccc(Cl)c3C)=C(c3ccc(C)cc3C)C2=O)c1. The van der Waals surface area contributed by atoms with E-state index in [1.165, 1.54) is 4.90 Å². The van der Waals surface area contributed by atoms with Crippen LogP contribution in [0.4, 0.5) is 11.4 Å². The largest absolute Gasteiger partial charge is 0.494 e.